The largest absolute Gasteiger partial charge is 2.00 e. The Kier molecular flexibility index (Phi) is 8.13. The summed E-state index contributed by atoms with van der Waals surface area (Å²) >= 11 is 0. The van der Waals surface area contributed by atoms with Crippen molar-refractivity contribution >= 4 is 38.9 Å². The van der Waals surface area contributed by atoms with Gasteiger partial charge < -0.3 is 8.98 Å². The number of fused-ring (bicyclic) bond motifs is 6. The van der Waals surface area contributed by atoms with E-state index in [4.69, 9.17) is 14.4 Å². The van der Waals surface area contributed by atoms with Gasteiger partial charge in [0.15, 0.2) is 0 Å². The van der Waals surface area contributed by atoms with Crippen LogP contribution in [0.5, 0.6) is 0 Å². The van der Waals surface area contributed by atoms with Gasteiger partial charge in [0, 0.05) is 33.8 Å². The van der Waals surface area contributed by atoms with Gasteiger partial charge in [-0.2, -0.15) is 0 Å². The molecule has 0 aliphatic carbocycles. The van der Waals surface area contributed by atoms with Crippen molar-refractivity contribution < 1.29 is 25.5 Å². The minimum Gasteiger partial charge on any atom is -0.487 e. The molecule has 7 nitrogen and oxygen atoms in total. The molecular weight excluding hydrogens is 848 g/mol. The first kappa shape index (κ1) is 33.7. The number of hydrogen-bond acceptors (Lipinski definition) is 5. The fourth-order valence-electron chi connectivity index (χ4n) is 7.35. The smallest absolute Gasteiger partial charge is 0.487 e. The van der Waals surface area contributed by atoms with E-state index in [1.54, 1.807) is 0 Å². The van der Waals surface area contributed by atoms with Crippen LogP contribution in [0.15, 0.2) is 144 Å². The van der Waals surface area contributed by atoms with Gasteiger partial charge in [-0.05, 0) is 29.5 Å². The second kappa shape index (κ2) is 13.0. The van der Waals surface area contributed by atoms with E-state index in [9.17, 15) is 0 Å². The Morgan fingerprint density at radius 1 is 0.648 bits per heavy atom. The zero-order chi connectivity index (χ0) is 35.7. The molecule has 0 fully saturated rings. The van der Waals surface area contributed by atoms with Gasteiger partial charge in [0.05, 0.1) is 40.0 Å². The molecule has 0 aliphatic heterocycles. The van der Waals surface area contributed by atoms with Crippen molar-refractivity contribution in [3.8, 4) is 50.7 Å². The molecule has 0 saturated heterocycles. The van der Waals surface area contributed by atoms with Crippen molar-refractivity contribution in [3.05, 3.63) is 158 Å². The fourth-order valence-corrected chi connectivity index (χ4v) is 7.35. The van der Waals surface area contributed by atoms with Gasteiger partial charge in [0.25, 0.3) is 0 Å². The first-order valence-corrected chi connectivity index (χ1v) is 17.6. The molecular formula is C46H32N6OPt. The summed E-state index contributed by atoms with van der Waals surface area (Å²) in [6.45, 7) is 6.50. The van der Waals surface area contributed by atoms with E-state index in [0.717, 1.165) is 78.2 Å². The van der Waals surface area contributed by atoms with Crippen LogP contribution in [0.3, 0.4) is 0 Å². The van der Waals surface area contributed by atoms with E-state index in [1.165, 1.54) is 0 Å². The monoisotopic (exact) mass is 879 g/mol. The topological polar surface area (TPSA) is 74.0 Å². The van der Waals surface area contributed by atoms with Crippen molar-refractivity contribution in [2.75, 3.05) is 0 Å². The van der Waals surface area contributed by atoms with E-state index < -0.39 is 0 Å². The molecule has 0 unspecified atom stereocenters. The maximum absolute atomic E-state index is 6.72. The summed E-state index contributed by atoms with van der Waals surface area (Å²) in [5, 5.41) is 1.87. The van der Waals surface area contributed by atoms with Crippen LogP contribution in [-0.2, 0) is 26.5 Å². The van der Waals surface area contributed by atoms with Gasteiger partial charge in [-0.15, -0.1) is 54.1 Å². The van der Waals surface area contributed by atoms with Gasteiger partial charge in [-0.3, -0.25) is 14.4 Å². The molecule has 0 saturated carbocycles. The summed E-state index contributed by atoms with van der Waals surface area (Å²) in [5.41, 5.74) is 11.5. The molecule has 54 heavy (non-hydrogen) atoms. The summed E-state index contributed by atoms with van der Waals surface area (Å²) in [5.74, 6) is 1.42. The van der Waals surface area contributed by atoms with Crippen molar-refractivity contribution in [1.29, 1.82) is 0 Å². The van der Waals surface area contributed by atoms with E-state index in [2.05, 4.69) is 120 Å². The predicted molar refractivity (Wildman–Crippen MR) is 211 cm³/mol. The van der Waals surface area contributed by atoms with E-state index in [0.29, 0.717) is 17.1 Å². The summed E-state index contributed by atoms with van der Waals surface area (Å²) < 4.78 is 11.0. The van der Waals surface area contributed by atoms with Gasteiger partial charge in [0.2, 0.25) is 11.5 Å². The van der Waals surface area contributed by atoms with E-state index in [1.807, 2.05) is 71.4 Å². The second-order valence-electron chi connectivity index (χ2n) is 14.2. The van der Waals surface area contributed by atoms with Crippen molar-refractivity contribution in [3.63, 3.8) is 0 Å². The molecule has 0 atom stereocenters. The summed E-state index contributed by atoms with van der Waals surface area (Å²) in [6.07, 6.45) is 3.73. The molecule has 10 rings (SSSR count). The number of benzene rings is 5. The summed E-state index contributed by atoms with van der Waals surface area (Å²) in [4.78, 5) is 19.9. The molecule has 5 aromatic carbocycles. The maximum atomic E-state index is 6.72. The Hall–Kier alpha value is -6.17. The van der Waals surface area contributed by atoms with E-state index >= 15 is 0 Å². The Balaban J connectivity index is 0.00000384. The molecule has 8 heteroatoms. The molecule has 0 radical (unpaired) electrons. The number of aromatic nitrogens is 6. The molecule has 0 N–H and O–H groups in total. The number of para-hydroxylation sites is 2. The molecule has 0 amide bonds. The Morgan fingerprint density at radius 3 is 2.24 bits per heavy atom. The number of imidazole rings is 2. The van der Waals surface area contributed by atoms with Crippen molar-refractivity contribution in [1.82, 2.24) is 28.9 Å². The number of pyridine rings is 1. The molecule has 5 heterocycles. The maximum Gasteiger partial charge on any atom is 2.00 e. The number of furan rings is 1. The van der Waals surface area contributed by atoms with Crippen LogP contribution >= 0.6 is 0 Å². The number of hydrogen-bond donors (Lipinski definition) is 0. The average Bonchev–Trinajstić information content (AvgIpc) is 3.92. The normalized spacial score (nSPS) is 11.8. The Labute approximate surface area is 326 Å². The van der Waals surface area contributed by atoms with Crippen LogP contribution < -0.4 is 0 Å². The SMILES string of the molecule is CC(C)(C)c1cnc2ncc3c4cc[c-]c(-c5cccc(-c6cccc7c6nc(-c6[c-]cccc6)n7-c6ccccc6-c6ccccc6)n5)c4oc3n12.[Pt+2]. The Bertz CT molecular complexity index is 2990. The molecule has 262 valence electrons. The third-order valence-corrected chi connectivity index (χ3v) is 9.84. The average molecular weight is 880 g/mol. The van der Waals surface area contributed by atoms with Crippen molar-refractivity contribution in [2.45, 2.75) is 26.2 Å². The molecule has 10 aromatic rings. The van der Waals surface area contributed by atoms with Gasteiger partial charge in [-0.1, -0.05) is 105 Å². The first-order chi connectivity index (χ1) is 25.9. The molecule has 0 bridgehead atoms. The van der Waals surface area contributed by atoms with Crippen LogP contribution in [0, 0.1) is 12.1 Å². The van der Waals surface area contributed by atoms with E-state index in [-0.39, 0.29) is 26.5 Å². The minimum absolute atomic E-state index is 0. The van der Waals surface area contributed by atoms with Crippen LogP contribution in [0.1, 0.15) is 26.5 Å². The van der Waals surface area contributed by atoms with Gasteiger partial charge in [0.1, 0.15) is 0 Å². The third kappa shape index (κ3) is 5.38. The Morgan fingerprint density at radius 2 is 1.41 bits per heavy atom. The summed E-state index contributed by atoms with van der Waals surface area (Å²) in [7, 11) is 0. The predicted octanol–water partition coefficient (Wildman–Crippen LogP) is 10.9. The standard InChI is InChI=1S/C46H32N6O.Pt/c1-46(2,3)40-28-48-45-47-27-35-32-20-12-22-34(42(32)53-44(35)52(40)45)37-24-14-23-36(49-37)33-21-13-26-39-41(33)50-43(30-17-8-5-9-18-30)51(39)38-25-11-10-19-31(38)29-15-6-4-7-16-29;/h4-17,19-21,23-28H,1-3H3;/q-2;+2. The van der Waals surface area contributed by atoms with Crippen molar-refractivity contribution in [2.24, 2.45) is 0 Å². The van der Waals surface area contributed by atoms with Crippen LogP contribution in [0.2, 0.25) is 0 Å². The fraction of sp³-hybridized carbons (Fsp3) is 0.0870. The second-order valence-corrected chi connectivity index (χ2v) is 14.2. The molecule has 5 aromatic heterocycles. The van der Waals surface area contributed by atoms with Crippen LogP contribution in [0.4, 0.5) is 0 Å². The first-order valence-electron chi connectivity index (χ1n) is 17.6. The number of nitrogens with zero attached hydrogens (tertiary/aromatic N) is 6. The molecule has 0 spiro atoms. The van der Waals surface area contributed by atoms with Crippen LogP contribution in [-0.4, -0.2) is 28.9 Å². The summed E-state index contributed by atoms with van der Waals surface area (Å²) in [6, 6.07) is 50.2. The number of rotatable bonds is 5. The van der Waals surface area contributed by atoms with Crippen LogP contribution in [0.25, 0.3) is 89.6 Å². The third-order valence-electron chi connectivity index (χ3n) is 9.84. The minimum atomic E-state index is -0.158. The zero-order valence-electron chi connectivity index (χ0n) is 29.7. The van der Waals surface area contributed by atoms with Gasteiger partial charge in [-0.25, -0.2) is 9.97 Å². The quantitative estimate of drug-likeness (QED) is 0.161. The molecule has 0 aliphatic rings. The van der Waals surface area contributed by atoms with Gasteiger partial charge >= 0.3 is 21.1 Å². The zero-order valence-corrected chi connectivity index (χ0v) is 32.0.